The van der Waals surface area contributed by atoms with E-state index in [2.05, 4.69) is 10.4 Å². The molecule has 0 fully saturated rings. The van der Waals surface area contributed by atoms with E-state index in [0.717, 1.165) is 12.0 Å². The number of carbonyl (C=O) groups excluding carboxylic acids is 2. The fraction of sp³-hybridized carbons (Fsp3) is 0.238. The normalized spacial score (nSPS) is 10.6. The lowest BCUT2D eigenvalue weighted by atomic mass is 10.1. The Labute approximate surface area is 161 Å². The van der Waals surface area contributed by atoms with Gasteiger partial charge in [0.25, 0.3) is 11.5 Å². The monoisotopic (exact) mass is 379 g/mol. The fourth-order valence-corrected chi connectivity index (χ4v) is 2.94. The first-order chi connectivity index (χ1) is 13.5. The maximum atomic E-state index is 12.5. The molecule has 0 spiro atoms. The molecule has 0 aliphatic carbocycles. The van der Waals surface area contributed by atoms with Gasteiger partial charge in [0.05, 0.1) is 5.39 Å². The zero-order valence-electron chi connectivity index (χ0n) is 15.8. The second kappa shape index (κ2) is 8.47. The molecule has 0 aliphatic heterocycles. The molecule has 0 saturated heterocycles. The highest BCUT2D eigenvalue weighted by molar-refractivity contribution is 6.03. The van der Waals surface area contributed by atoms with E-state index in [-0.39, 0.29) is 11.3 Å². The number of hydrogen-bond acceptors (Lipinski definition) is 5. The summed E-state index contributed by atoms with van der Waals surface area (Å²) < 4.78 is 6.36. The van der Waals surface area contributed by atoms with Crippen LogP contribution in [0, 0.1) is 0 Å². The minimum atomic E-state index is -0.752. The van der Waals surface area contributed by atoms with E-state index in [0.29, 0.717) is 23.0 Å². The van der Waals surface area contributed by atoms with Gasteiger partial charge >= 0.3 is 5.97 Å². The lowest BCUT2D eigenvalue weighted by Crippen LogP contribution is -2.27. The molecule has 7 nitrogen and oxygen atoms in total. The summed E-state index contributed by atoms with van der Waals surface area (Å²) in [5.74, 6) is -1.19. The molecular formula is C21H21N3O4. The predicted octanol–water partition coefficient (Wildman–Crippen LogP) is 2.77. The van der Waals surface area contributed by atoms with Gasteiger partial charge < -0.3 is 10.1 Å². The van der Waals surface area contributed by atoms with Crippen LogP contribution in [-0.4, -0.2) is 28.3 Å². The summed E-state index contributed by atoms with van der Waals surface area (Å²) in [4.78, 5) is 37.1. The summed E-state index contributed by atoms with van der Waals surface area (Å²) in [5.41, 5.74) is 1.42. The van der Waals surface area contributed by atoms with Crippen LogP contribution in [0.4, 0.5) is 5.69 Å². The Morgan fingerprint density at radius 3 is 2.43 bits per heavy atom. The van der Waals surface area contributed by atoms with E-state index in [1.807, 2.05) is 25.1 Å². The number of anilines is 1. The molecule has 1 amide bonds. The first-order valence-electron chi connectivity index (χ1n) is 9.09. The van der Waals surface area contributed by atoms with Gasteiger partial charge in [0, 0.05) is 17.6 Å². The van der Waals surface area contributed by atoms with Crippen LogP contribution in [0.1, 0.15) is 29.9 Å². The summed E-state index contributed by atoms with van der Waals surface area (Å²) in [6, 6.07) is 14.1. The second-order valence-corrected chi connectivity index (χ2v) is 6.15. The van der Waals surface area contributed by atoms with Crippen molar-refractivity contribution in [1.29, 1.82) is 0 Å². The van der Waals surface area contributed by atoms with Crippen molar-refractivity contribution >= 4 is 28.3 Å². The summed E-state index contributed by atoms with van der Waals surface area (Å²) in [6.07, 6.45) is 0.769. The Balaban J connectivity index is 1.77. The number of hydrogen-bond donors (Lipinski definition) is 1. The first-order valence-corrected chi connectivity index (χ1v) is 9.09. The molecule has 1 heterocycles. The third-order valence-corrected chi connectivity index (χ3v) is 4.37. The van der Waals surface area contributed by atoms with Crippen LogP contribution in [0.15, 0.2) is 53.3 Å². The smallest absolute Gasteiger partial charge is 0.359 e. The molecule has 1 N–H and O–H groups in total. The molecule has 144 valence electrons. The number of nitrogens with one attached hydrogen (secondary N) is 1. The summed E-state index contributed by atoms with van der Waals surface area (Å²) in [7, 11) is 0. The van der Waals surface area contributed by atoms with Crippen LogP contribution in [0.5, 0.6) is 0 Å². The molecule has 1 aromatic heterocycles. The van der Waals surface area contributed by atoms with Gasteiger partial charge in [-0.25, -0.2) is 9.48 Å². The number of benzene rings is 2. The van der Waals surface area contributed by atoms with Gasteiger partial charge in [0.1, 0.15) is 0 Å². The average molecular weight is 379 g/mol. The molecular weight excluding hydrogens is 358 g/mol. The lowest BCUT2D eigenvalue weighted by Gasteiger charge is -2.11. The van der Waals surface area contributed by atoms with Gasteiger partial charge in [-0.15, -0.1) is 0 Å². The van der Waals surface area contributed by atoms with E-state index < -0.39 is 18.5 Å². The van der Waals surface area contributed by atoms with Crippen molar-refractivity contribution in [3.05, 3.63) is 70.1 Å². The molecule has 28 heavy (non-hydrogen) atoms. The highest BCUT2D eigenvalue weighted by Crippen LogP contribution is 2.16. The fourth-order valence-electron chi connectivity index (χ4n) is 2.94. The van der Waals surface area contributed by atoms with E-state index in [4.69, 9.17) is 4.74 Å². The topological polar surface area (TPSA) is 90.3 Å². The molecule has 0 saturated carbocycles. The van der Waals surface area contributed by atoms with Gasteiger partial charge in [-0.3, -0.25) is 9.59 Å². The van der Waals surface area contributed by atoms with Crippen LogP contribution in [0.25, 0.3) is 10.8 Å². The highest BCUT2D eigenvalue weighted by atomic mass is 16.5. The zero-order chi connectivity index (χ0) is 20.1. The Morgan fingerprint density at radius 2 is 1.71 bits per heavy atom. The number of para-hydroxylation sites is 1. The van der Waals surface area contributed by atoms with Crippen LogP contribution < -0.4 is 10.9 Å². The molecule has 0 atom stereocenters. The van der Waals surface area contributed by atoms with E-state index in [9.17, 15) is 14.4 Å². The van der Waals surface area contributed by atoms with Crippen LogP contribution in [0.2, 0.25) is 0 Å². The van der Waals surface area contributed by atoms with Gasteiger partial charge in [0.2, 0.25) is 0 Å². The number of amides is 1. The van der Waals surface area contributed by atoms with Crippen molar-refractivity contribution < 1.29 is 14.3 Å². The third kappa shape index (κ3) is 3.93. The Hall–Kier alpha value is -3.48. The zero-order valence-corrected chi connectivity index (χ0v) is 15.8. The number of nitrogens with zero attached hydrogens (tertiary/aromatic N) is 2. The SMILES string of the molecule is CCc1ccccc1NC(=O)COC(=O)c1nn(CC)c(=O)c2ccccc12. The largest absolute Gasteiger partial charge is 0.451 e. The van der Waals surface area contributed by atoms with Crippen molar-refractivity contribution in [2.24, 2.45) is 0 Å². The molecule has 0 radical (unpaired) electrons. The molecule has 3 aromatic rings. The van der Waals surface area contributed by atoms with E-state index >= 15 is 0 Å². The summed E-state index contributed by atoms with van der Waals surface area (Å²) in [6.45, 7) is 3.62. The molecule has 0 aliphatic rings. The molecule has 0 unspecified atom stereocenters. The van der Waals surface area contributed by atoms with Gasteiger partial charge in [-0.2, -0.15) is 5.10 Å². The number of aromatic nitrogens is 2. The number of carbonyl (C=O) groups is 2. The second-order valence-electron chi connectivity index (χ2n) is 6.15. The van der Waals surface area contributed by atoms with Crippen LogP contribution in [-0.2, 0) is 22.5 Å². The van der Waals surface area contributed by atoms with Crippen molar-refractivity contribution in [2.45, 2.75) is 26.8 Å². The summed E-state index contributed by atoms with van der Waals surface area (Å²) >= 11 is 0. The molecule has 0 bridgehead atoms. The highest BCUT2D eigenvalue weighted by Gasteiger charge is 2.18. The molecule has 2 aromatic carbocycles. The first kappa shape index (κ1) is 19.3. The quantitative estimate of drug-likeness (QED) is 0.665. The number of rotatable bonds is 6. The Kier molecular flexibility index (Phi) is 5.84. The maximum Gasteiger partial charge on any atom is 0.359 e. The average Bonchev–Trinajstić information content (AvgIpc) is 2.73. The minimum Gasteiger partial charge on any atom is -0.451 e. The standard InChI is InChI=1S/C21H21N3O4/c1-3-14-9-5-8-12-17(14)22-18(25)13-28-21(27)19-15-10-6-7-11-16(15)20(26)24(4-2)23-19/h5-12H,3-4,13H2,1-2H3,(H,22,25). The van der Waals surface area contributed by atoms with Gasteiger partial charge in [0.15, 0.2) is 12.3 Å². The van der Waals surface area contributed by atoms with E-state index in [1.165, 1.54) is 4.68 Å². The van der Waals surface area contributed by atoms with Crippen molar-refractivity contribution in [3.8, 4) is 0 Å². The Morgan fingerprint density at radius 1 is 1.04 bits per heavy atom. The number of fused-ring (bicyclic) bond motifs is 1. The summed E-state index contributed by atoms with van der Waals surface area (Å²) in [5, 5.41) is 7.64. The minimum absolute atomic E-state index is 0.0128. The molecule has 7 heteroatoms. The van der Waals surface area contributed by atoms with Crippen LogP contribution in [0.3, 0.4) is 0 Å². The maximum absolute atomic E-state index is 12.5. The third-order valence-electron chi connectivity index (χ3n) is 4.37. The number of ether oxygens (including phenoxy) is 1. The number of esters is 1. The molecule has 3 rings (SSSR count). The Bertz CT molecular complexity index is 1090. The van der Waals surface area contributed by atoms with Crippen molar-refractivity contribution in [2.75, 3.05) is 11.9 Å². The predicted molar refractivity (Wildman–Crippen MR) is 106 cm³/mol. The van der Waals surface area contributed by atoms with Crippen LogP contribution >= 0.6 is 0 Å². The number of aryl methyl sites for hydroxylation is 2. The van der Waals surface area contributed by atoms with Gasteiger partial charge in [-0.1, -0.05) is 43.3 Å². The van der Waals surface area contributed by atoms with Gasteiger partial charge in [-0.05, 0) is 31.0 Å². The van der Waals surface area contributed by atoms with Crippen molar-refractivity contribution in [1.82, 2.24) is 9.78 Å². The lowest BCUT2D eigenvalue weighted by molar-refractivity contribution is -0.119. The van der Waals surface area contributed by atoms with Crippen molar-refractivity contribution in [3.63, 3.8) is 0 Å². The van der Waals surface area contributed by atoms with E-state index in [1.54, 1.807) is 37.3 Å².